The first-order chi connectivity index (χ1) is 12.7. The number of rotatable bonds is 6. The Labute approximate surface area is 153 Å². The smallest absolute Gasteiger partial charge is 0.126 e. The van der Waals surface area contributed by atoms with E-state index in [4.69, 9.17) is 14.2 Å². The molecule has 0 amide bonds. The molecule has 0 aliphatic carbocycles. The molecule has 0 bridgehead atoms. The molecule has 0 aromatic heterocycles. The summed E-state index contributed by atoms with van der Waals surface area (Å²) in [6.45, 7) is -0.0472. The van der Waals surface area contributed by atoms with Crippen molar-refractivity contribution in [2.45, 2.75) is 24.7 Å². The molecular weight excluding hydrogens is 332 g/mol. The van der Waals surface area contributed by atoms with Gasteiger partial charge in [0.25, 0.3) is 0 Å². The number of aliphatic hydroxyl groups excluding tert-OH is 2. The van der Waals surface area contributed by atoms with E-state index in [1.54, 1.807) is 14.2 Å². The lowest BCUT2D eigenvalue weighted by Crippen LogP contribution is -2.39. The minimum absolute atomic E-state index is 0.262. The van der Waals surface area contributed by atoms with E-state index >= 15 is 0 Å². The average molecular weight is 356 g/mol. The van der Waals surface area contributed by atoms with Crippen LogP contribution in [0.4, 0.5) is 0 Å². The third-order valence-electron chi connectivity index (χ3n) is 4.64. The Bertz CT molecular complexity index is 739. The van der Waals surface area contributed by atoms with E-state index in [0.29, 0.717) is 18.1 Å². The van der Waals surface area contributed by atoms with Crippen molar-refractivity contribution in [2.75, 3.05) is 20.8 Å². The van der Waals surface area contributed by atoms with Crippen molar-refractivity contribution in [3.63, 3.8) is 0 Å². The number of methoxy groups -OCH3 is 2. The van der Waals surface area contributed by atoms with Gasteiger partial charge >= 0.3 is 0 Å². The SMILES string of the molecule is COc1cc2c(c(OC)c1)[C@H](/C=C/c1ccccc1)[C@@H]([C@H](O)CO)OC2. The summed E-state index contributed by atoms with van der Waals surface area (Å²) in [5.74, 6) is 1.11. The van der Waals surface area contributed by atoms with Gasteiger partial charge in [0, 0.05) is 17.5 Å². The fourth-order valence-electron chi connectivity index (χ4n) is 3.33. The molecule has 0 spiro atoms. The average Bonchev–Trinajstić information content (AvgIpc) is 2.70. The lowest BCUT2D eigenvalue weighted by atomic mass is 9.83. The van der Waals surface area contributed by atoms with Crippen molar-refractivity contribution >= 4 is 6.08 Å². The van der Waals surface area contributed by atoms with Crippen molar-refractivity contribution in [2.24, 2.45) is 0 Å². The first-order valence-corrected chi connectivity index (χ1v) is 8.56. The van der Waals surface area contributed by atoms with E-state index < -0.39 is 12.2 Å². The fourth-order valence-corrected chi connectivity index (χ4v) is 3.33. The Morgan fingerprint density at radius 3 is 2.62 bits per heavy atom. The zero-order valence-corrected chi connectivity index (χ0v) is 15.0. The maximum Gasteiger partial charge on any atom is 0.126 e. The summed E-state index contributed by atoms with van der Waals surface area (Å²) < 4.78 is 16.8. The van der Waals surface area contributed by atoms with Gasteiger partial charge in [-0.05, 0) is 17.2 Å². The van der Waals surface area contributed by atoms with Crippen LogP contribution in [0.1, 0.15) is 22.6 Å². The van der Waals surface area contributed by atoms with Gasteiger partial charge in [0.1, 0.15) is 17.6 Å². The predicted octanol–water partition coefficient (Wildman–Crippen LogP) is 2.75. The van der Waals surface area contributed by atoms with Crippen LogP contribution in [0, 0.1) is 0 Å². The number of hydrogen-bond donors (Lipinski definition) is 2. The molecule has 5 nitrogen and oxygen atoms in total. The van der Waals surface area contributed by atoms with Gasteiger partial charge in [-0.1, -0.05) is 42.5 Å². The Hall–Kier alpha value is -2.34. The van der Waals surface area contributed by atoms with Gasteiger partial charge in [0.05, 0.1) is 33.5 Å². The highest BCUT2D eigenvalue weighted by molar-refractivity contribution is 5.56. The normalized spacial score (nSPS) is 20.6. The Balaban J connectivity index is 2.06. The Morgan fingerprint density at radius 2 is 1.96 bits per heavy atom. The van der Waals surface area contributed by atoms with Gasteiger partial charge in [-0.15, -0.1) is 0 Å². The molecule has 26 heavy (non-hydrogen) atoms. The van der Waals surface area contributed by atoms with Crippen LogP contribution in [0.5, 0.6) is 11.5 Å². The van der Waals surface area contributed by atoms with E-state index in [1.807, 2.05) is 54.6 Å². The number of ether oxygens (including phenoxy) is 3. The largest absolute Gasteiger partial charge is 0.497 e. The van der Waals surface area contributed by atoms with E-state index in [-0.39, 0.29) is 12.5 Å². The molecule has 3 rings (SSSR count). The second kappa shape index (κ2) is 8.36. The standard InChI is InChI=1S/C21H24O5/c1-24-16-10-15-13-26-21(18(23)12-22)17(20(15)19(11-16)25-2)9-8-14-6-4-3-5-7-14/h3-11,17-18,21-23H,12-13H2,1-2H3/b9-8+/t17-,18+,21-/m0/s1. The zero-order chi connectivity index (χ0) is 18.5. The topological polar surface area (TPSA) is 68.2 Å². The van der Waals surface area contributed by atoms with E-state index in [9.17, 15) is 10.2 Å². The third-order valence-corrected chi connectivity index (χ3v) is 4.64. The molecule has 2 aromatic rings. The van der Waals surface area contributed by atoms with Gasteiger partial charge in [-0.25, -0.2) is 0 Å². The Kier molecular flexibility index (Phi) is 5.93. The van der Waals surface area contributed by atoms with Crippen LogP contribution in [-0.4, -0.2) is 43.2 Å². The molecule has 1 heterocycles. The van der Waals surface area contributed by atoms with Crippen LogP contribution in [0.3, 0.4) is 0 Å². The second-order valence-electron chi connectivity index (χ2n) is 6.22. The molecule has 0 saturated carbocycles. The molecule has 0 unspecified atom stereocenters. The minimum Gasteiger partial charge on any atom is -0.497 e. The minimum atomic E-state index is -0.986. The number of aliphatic hydroxyl groups is 2. The molecular formula is C21H24O5. The van der Waals surface area contributed by atoms with Gasteiger partial charge in [-0.3, -0.25) is 0 Å². The molecule has 2 N–H and O–H groups in total. The van der Waals surface area contributed by atoms with Crippen molar-refractivity contribution in [3.05, 3.63) is 65.2 Å². The lowest BCUT2D eigenvalue weighted by Gasteiger charge is -2.35. The second-order valence-corrected chi connectivity index (χ2v) is 6.22. The highest BCUT2D eigenvalue weighted by Crippen LogP contribution is 2.42. The fraction of sp³-hybridized carbons (Fsp3) is 0.333. The van der Waals surface area contributed by atoms with Crippen LogP contribution in [0.25, 0.3) is 6.08 Å². The molecule has 5 heteroatoms. The van der Waals surface area contributed by atoms with Crippen molar-refractivity contribution in [1.29, 1.82) is 0 Å². The molecule has 1 aliphatic heterocycles. The van der Waals surface area contributed by atoms with Gasteiger partial charge in [0.2, 0.25) is 0 Å². The molecule has 138 valence electrons. The highest BCUT2D eigenvalue weighted by atomic mass is 16.5. The highest BCUT2D eigenvalue weighted by Gasteiger charge is 2.36. The van der Waals surface area contributed by atoms with Crippen LogP contribution < -0.4 is 9.47 Å². The maximum absolute atomic E-state index is 10.3. The van der Waals surface area contributed by atoms with Gasteiger partial charge in [-0.2, -0.15) is 0 Å². The van der Waals surface area contributed by atoms with E-state index in [0.717, 1.165) is 16.7 Å². The van der Waals surface area contributed by atoms with Crippen LogP contribution in [0.2, 0.25) is 0 Å². The molecule has 2 aromatic carbocycles. The monoisotopic (exact) mass is 356 g/mol. The molecule has 3 atom stereocenters. The van der Waals surface area contributed by atoms with Gasteiger partial charge < -0.3 is 24.4 Å². The quantitative estimate of drug-likeness (QED) is 0.833. The predicted molar refractivity (Wildman–Crippen MR) is 99.4 cm³/mol. The van der Waals surface area contributed by atoms with Crippen LogP contribution in [-0.2, 0) is 11.3 Å². The van der Waals surface area contributed by atoms with E-state index in [2.05, 4.69) is 0 Å². The maximum atomic E-state index is 10.3. The van der Waals surface area contributed by atoms with Crippen molar-refractivity contribution in [3.8, 4) is 11.5 Å². The first kappa shape index (κ1) is 18.5. The summed E-state index contributed by atoms with van der Waals surface area (Å²) in [5, 5.41) is 19.7. The molecule has 0 saturated heterocycles. The van der Waals surface area contributed by atoms with Gasteiger partial charge in [0.15, 0.2) is 0 Å². The molecule has 1 aliphatic rings. The summed E-state index contributed by atoms with van der Waals surface area (Å²) in [6, 6.07) is 13.7. The Morgan fingerprint density at radius 1 is 1.19 bits per heavy atom. The number of fused-ring (bicyclic) bond motifs is 1. The molecule has 0 radical (unpaired) electrons. The van der Waals surface area contributed by atoms with Crippen molar-refractivity contribution in [1.82, 2.24) is 0 Å². The zero-order valence-electron chi connectivity index (χ0n) is 15.0. The summed E-state index contributed by atoms with van der Waals surface area (Å²) in [4.78, 5) is 0. The van der Waals surface area contributed by atoms with Crippen LogP contribution in [0.15, 0.2) is 48.5 Å². The lowest BCUT2D eigenvalue weighted by molar-refractivity contribution is -0.0790. The molecule has 0 fully saturated rings. The number of hydrogen-bond acceptors (Lipinski definition) is 5. The summed E-state index contributed by atoms with van der Waals surface area (Å²) >= 11 is 0. The van der Waals surface area contributed by atoms with E-state index in [1.165, 1.54) is 0 Å². The first-order valence-electron chi connectivity index (χ1n) is 8.56. The third kappa shape index (κ3) is 3.75. The summed E-state index contributed by atoms with van der Waals surface area (Å²) in [5.41, 5.74) is 2.94. The summed E-state index contributed by atoms with van der Waals surface area (Å²) in [7, 11) is 3.22. The van der Waals surface area contributed by atoms with Crippen LogP contribution >= 0.6 is 0 Å². The van der Waals surface area contributed by atoms with Crippen molar-refractivity contribution < 1.29 is 24.4 Å². The number of benzene rings is 2. The summed E-state index contributed by atoms with van der Waals surface area (Å²) in [6.07, 6.45) is 2.44.